The number of furan rings is 1. The van der Waals surface area contributed by atoms with Gasteiger partial charge in [0, 0.05) is 16.2 Å². The van der Waals surface area contributed by atoms with Crippen LogP contribution >= 0.6 is 0 Å². The van der Waals surface area contributed by atoms with Gasteiger partial charge in [0.2, 0.25) is 0 Å². The topological polar surface area (TPSA) is 13.1 Å². The first-order chi connectivity index (χ1) is 27.6. The third kappa shape index (κ3) is 4.40. The monoisotopic (exact) mass is 630 g/mol. The fourth-order valence-electron chi connectivity index (χ4n) is 7.27. The summed E-state index contributed by atoms with van der Waals surface area (Å²) in [7, 11) is 0. The van der Waals surface area contributed by atoms with Crippen LogP contribution in [0.5, 0.6) is 0 Å². The Morgan fingerprint density at radius 1 is 0.367 bits per heavy atom. The highest BCUT2D eigenvalue weighted by Crippen LogP contribution is 2.47. The molecule has 0 N–H and O–H groups in total. The van der Waals surface area contributed by atoms with Gasteiger partial charge in [-0.05, 0) is 89.6 Å². The van der Waals surface area contributed by atoms with Crippen molar-refractivity contribution in [2.45, 2.75) is 0 Å². The van der Waals surface area contributed by atoms with E-state index in [1.807, 2.05) is 127 Å². The zero-order chi connectivity index (χ0) is 39.3. The average Bonchev–Trinajstić information content (AvgIpc) is 3.64. The maximum Gasteiger partial charge on any atom is 0.143 e. The fraction of sp³-hybridized carbons (Fsp3) is 0. The highest BCUT2D eigenvalue weighted by molar-refractivity contribution is 6.23. The van der Waals surface area contributed by atoms with Crippen molar-refractivity contribution in [3.8, 4) is 44.5 Å². The maximum atomic E-state index is 9.46. The van der Waals surface area contributed by atoms with Crippen LogP contribution in [0.15, 0.2) is 186 Å². The van der Waals surface area contributed by atoms with E-state index in [2.05, 4.69) is 0 Å². The molecule has 0 amide bonds. The summed E-state index contributed by atoms with van der Waals surface area (Å²) in [4.78, 5) is 0. The minimum absolute atomic E-state index is 0.167. The second kappa shape index (κ2) is 11.1. The van der Waals surface area contributed by atoms with E-state index in [1.54, 1.807) is 6.07 Å². The third-order valence-corrected chi connectivity index (χ3v) is 9.52. The van der Waals surface area contributed by atoms with Gasteiger partial charge in [-0.3, -0.25) is 0 Å². The maximum absolute atomic E-state index is 9.46. The molecule has 9 aromatic carbocycles. The zero-order valence-electron chi connectivity index (χ0n) is 34.1. The molecule has 10 aromatic rings. The van der Waals surface area contributed by atoms with Crippen molar-refractivity contribution in [2.24, 2.45) is 0 Å². The summed E-state index contributed by atoms with van der Waals surface area (Å²) in [6.45, 7) is 0. The van der Waals surface area contributed by atoms with Crippen molar-refractivity contribution in [1.82, 2.24) is 0 Å². The number of fused-ring (bicyclic) bond motifs is 7. The lowest BCUT2D eigenvalue weighted by molar-refractivity contribution is 0.672. The Morgan fingerprint density at radius 3 is 1.67 bits per heavy atom. The molecule has 0 aliphatic carbocycles. The SMILES string of the molecule is [2H]c1c([2H])c([2H])c2c(-c3ccccc3-c3ccc(-c4ccccc4)cc3)c3c([2H])c([2H])c([2H])c([2H])c3c(-c3ccc4oc5c6ccccc6ccc5c4c3)c2c1[2H]. The molecule has 0 aliphatic heterocycles. The molecular weight excluding hydrogens is 593 g/mol. The summed E-state index contributed by atoms with van der Waals surface area (Å²) >= 11 is 0. The van der Waals surface area contributed by atoms with E-state index in [4.69, 9.17) is 9.90 Å². The van der Waals surface area contributed by atoms with Gasteiger partial charge in [-0.15, -0.1) is 0 Å². The van der Waals surface area contributed by atoms with Gasteiger partial charge in [-0.1, -0.05) is 164 Å². The van der Waals surface area contributed by atoms with Crippen LogP contribution in [0.1, 0.15) is 11.0 Å². The Labute approximate surface area is 295 Å². The lowest BCUT2D eigenvalue weighted by Crippen LogP contribution is -1.92. The third-order valence-electron chi connectivity index (χ3n) is 9.52. The molecule has 49 heavy (non-hydrogen) atoms. The predicted octanol–water partition coefficient (Wildman–Crippen LogP) is 13.7. The van der Waals surface area contributed by atoms with Crippen molar-refractivity contribution in [1.29, 1.82) is 0 Å². The van der Waals surface area contributed by atoms with E-state index in [9.17, 15) is 5.48 Å². The van der Waals surface area contributed by atoms with Crippen LogP contribution in [0.2, 0.25) is 0 Å². The molecule has 0 spiro atoms. The summed E-state index contributed by atoms with van der Waals surface area (Å²) in [5.74, 6) is 0. The molecule has 1 heteroatoms. The summed E-state index contributed by atoms with van der Waals surface area (Å²) in [5, 5.41) is 4.27. The molecule has 228 valence electrons. The fourth-order valence-corrected chi connectivity index (χ4v) is 7.27. The molecule has 0 fully saturated rings. The second-order valence-electron chi connectivity index (χ2n) is 12.2. The first-order valence-electron chi connectivity index (χ1n) is 20.2. The van der Waals surface area contributed by atoms with Crippen LogP contribution < -0.4 is 0 Å². The summed E-state index contributed by atoms with van der Waals surface area (Å²) in [6.07, 6.45) is 0. The number of rotatable bonds is 4. The highest BCUT2D eigenvalue weighted by Gasteiger charge is 2.20. The number of hydrogen-bond donors (Lipinski definition) is 0. The zero-order valence-corrected chi connectivity index (χ0v) is 26.1. The Balaban J connectivity index is 1.35. The summed E-state index contributed by atoms with van der Waals surface area (Å²) in [6, 6.07) is 40.1. The van der Waals surface area contributed by atoms with E-state index in [1.165, 1.54) is 0 Å². The molecule has 0 radical (unpaired) electrons. The van der Waals surface area contributed by atoms with Crippen molar-refractivity contribution in [3.05, 3.63) is 182 Å². The number of hydrogen-bond acceptors (Lipinski definition) is 1. The standard InChI is InChI=1S/C48H30O/c1-2-12-31(13-3-1)32-22-24-34(25-23-32)36-15-6-7-17-38(36)47-41-20-10-8-18-39(41)46(40-19-9-11-21-42(40)47)35-27-29-45-44(30-35)43-28-26-33-14-4-5-16-37(33)48(43)49-45/h1-30H/i8D,9D,10D,11D,18D,19D,20D,21D. The van der Waals surface area contributed by atoms with Gasteiger partial charge in [0.15, 0.2) is 0 Å². The normalized spacial score (nSPS) is 14.0. The molecular formula is C48H30O. The van der Waals surface area contributed by atoms with Gasteiger partial charge in [-0.2, -0.15) is 0 Å². The molecule has 0 aliphatic rings. The number of benzene rings is 9. The molecule has 0 atom stereocenters. The minimum Gasteiger partial charge on any atom is -0.455 e. The largest absolute Gasteiger partial charge is 0.455 e. The first kappa shape index (κ1) is 20.7. The van der Waals surface area contributed by atoms with Crippen molar-refractivity contribution in [3.63, 3.8) is 0 Å². The van der Waals surface area contributed by atoms with E-state index in [-0.39, 0.29) is 45.7 Å². The molecule has 0 saturated heterocycles. The smallest absolute Gasteiger partial charge is 0.143 e. The molecule has 1 aromatic heterocycles. The van der Waals surface area contributed by atoms with Gasteiger partial charge in [0.25, 0.3) is 0 Å². The average molecular weight is 631 g/mol. The Hall–Kier alpha value is -6.44. The predicted molar refractivity (Wildman–Crippen MR) is 208 cm³/mol. The van der Waals surface area contributed by atoms with Crippen LogP contribution in [-0.2, 0) is 0 Å². The molecule has 1 heterocycles. The summed E-state index contributed by atoms with van der Waals surface area (Å²) in [5.41, 5.74) is 6.70. The van der Waals surface area contributed by atoms with Gasteiger partial charge in [-0.25, -0.2) is 0 Å². The van der Waals surface area contributed by atoms with Gasteiger partial charge < -0.3 is 4.42 Å². The van der Waals surface area contributed by atoms with E-state index >= 15 is 0 Å². The van der Waals surface area contributed by atoms with Crippen LogP contribution in [-0.4, -0.2) is 0 Å². The Kier molecular flexibility index (Phi) is 4.69. The lowest BCUT2D eigenvalue weighted by atomic mass is 9.83. The van der Waals surface area contributed by atoms with E-state index in [0.29, 0.717) is 33.4 Å². The van der Waals surface area contributed by atoms with Crippen molar-refractivity contribution in [2.75, 3.05) is 0 Å². The minimum atomic E-state index is -0.439. The summed E-state index contributed by atoms with van der Waals surface area (Å²) < 4.78 is 79.8. The van der Waals surface area contributed by atoms with Crippen LogP contribution in [0.25, 0.3) is 98.8 Å². The van der Waals surface area contributed by atoms with Crippen LogP contribution in [0.3, 0.4) is 0 Å². The van der Waals surface area contributed by atoms with Gasteiger partial charge >= 0.3 is 0 Å². The van der Waals surface area contributed by atoms with E-state index < -0.39 is 24.2 Å². The first-order valence-corrected chi connectivity index (χ1v) is 16.2. The Morgan fingerprint density at radius 2 is 0.939 bits per heavy atom. The molecule has 1 nitrogen and oxygen atoms in total. The van der Waals surface area contributed by atoms with Crippen LogP contribution in [0.4, 0.5) is 0 Å². The lowest BCUT2D eigenvalue weighted by Gasteiger charge is -2.20. The van der Waals surface area contributed by atoms with Crippen molar-refractivity contribution < 1.29 is 15.4 Å². The van der Waals surface area contributed by atoms with Gasteiger partial charge in [0.05, 0.1) is 11.0 Å². The van der Waals surface area contributed by atoms with Crippen molar-refractivity contribution >= 4 is 54.3 Å². The van der Waals surface area contributed by atoms with Crippen LogP contribution in [0, 0.1) is 0 Å². The quantitative estimate of drug-likeness (QED) is 0.176. The molecule has 0 unspecified atom stereocenters. The highest BCUT2D eigenvalue weighted by atomic mass is 16.3. The van der Waals surface area contributed by atoms with E-state index in [0.717, 1.165) is 43.8 Å². The Bertz CT molecular complexity index is 3240. The molecule has 0 bridgehead atoms. The molecule has 10 rings (SSSR count). The molecule has 0 saturated carbocycles. The second-order valence-corrected chi connectivity index (χ2v) is 12.2. The van der Waals surface area contributed by atoms with Gasteiger partial charge in [0.1, 0.15) is 11.2 Å².